The SMILES string of the molecule is COc1ccc(CN(C)CCC(=O)O)cn1. The van der Waals surface area contributed by atoms with E-state index in [1.807, 2.05) is 18.0 Å². The quantitative estimate of drug-likeness (QED) is 0.781. The minimum absolute atomic E-state index is 0.153. The number of hydrogen-bond acceptors (Lipinski definition) is 4. The van der Waals surface area contributed by atoms with Crippen LogP contribution in [0.1, 0.15) is 12.0 Å². The highest BCUT2D eigenvalue weighted by Crippen LogP contribution is 2.08. The molecule has 1 aromatic rings. The van der Waals surface area contributed by atoms with E-state index in [0.29, 0.717) is 19.0 Å². The summed E-state index contributed by atoms with van der Waals surface area (Å²) in [6.07, 6.45) is 1.89. The molecule has 88 valence electrons. The van der Waals surface area contributed by atoms with Gasteiger partial charge in [-0.1, -0.05) is 6.07 Å². The second-order valence-electron chi connectivity index (χ2n) is 3.59. The van der Waals surface area contributed by atoms with Crippen molar-refractivity contribution in [3.8, 4) is 5.88 Å². The number of aromatic nitrogens is 1. The van der Waals surface area contributed by atoms with Gasteiger partial charge in [0.15, 0.2) is 0 Å². The Morgan fingerprint density at radius 1 is 1.56 bits per heavy atom. The van der Waals surface area contributed by atoms with Crippen LogP contribution in [0.5, 0.6) is 5.88 Å². The fourth-order valence-corrected chi connectivity index (χ4v) is 1.30. The van der Waals surface area contributed by atoms with Crippen LogP contribution >= 0.6 is 0 Å². The van der Waals surface area contributed by atoms with Crippen LogP contribution in [0.25, 0.3) is 0 Å². The lowest BCUT2D eigenvalue weighted by Gasteiger charge is -2.15. The summed E-state index contributed by atoms with van der Waals surface area (Å²) >= 11 is 0. The molecule has 0 saturated heterocycles. The largest absolute Gasteiger partial charge is 0.481 e. The van der Waals surface area contributed by atoms with Gasteiger partial charge in [0.25, 0.3) is 0 Å². The van der Waals surface area contributed by atoms with Crippen LogP contribution in [0.2, 0.25) is 0 Å². The van der Waals surface area contributed by atoms with Gasteiger partial charge in [0.05, 0.1) is 13.5 Å². The summed E-state index contributed by atoms with van der Waals surface area (Å²) in [5.74, 6) is -0.198. The van der Waals surface area contributed by atoms with E-state index in [1.54, 1.807) is 19.4 Å². The predicted molar refractivity (Wildman–Crippen MR) is 59.4 cm³/mol. The molecule has 0 aliphatic carbocycles. The Labute approximate surface area is 94.7 Å². The number of aliphatic carboxylic acids is 1. The van der Waals surface area contributed by atoms with Gasteiger partial charge < -0.3 is 14.7 Å². The Hall–Kier alpha value is -1.62. The van der Waals surface area contributed by atoms with E-state index in [9.17, 15) is 4.79 Å². The molecule has 0 aromatic carbocycles. The number of hydrogen-bond donors (Lipinski definition) is 1. The molecule has 1 heterocycles. The Bertz CT molecular complexity index is 338. The van der Waals surface area contributed by atoms with E-state index in [1.165, 1.54) is 0 Å². The number of methoxy groups -OCH3 is 1. The monoisotopic (exact) mass is 224 g/mol. The van der Waals surface area contributed by atoms with Crippen molar-refractivity contribution < 1.29 is 14.6 Å². The van der Waals surface area contributed by atoms with Crippen LogP contribution in [0, 0.1) is 0 Å². The maximum atomic E-state index is 10.4. The number of carbonyl (C=O) groups is 1. The van der Waals surface area contributed by atoms with E-state index in [0.717, 1.165) is 5.56 Å². The van der Waals surface area contributed by atoms with Crippen molar-refractivity contribution in [2.45, 2.75) is 13.0 Å². The van der Waals surface area contributed by atoms with Crippen molar-refractivity contribution in [1.29, 1.82) is 0 Å². The minimum atomic E-state index is -0.778. The zero-order valence-corrected chi connectivity index (χ0v) is 9.51. The molecule has 5 nitrogen and oxygen atoms in total. The van der Waals surface area contributed by atoms with Crippen LogP contribution in [0.4, 0.5) is 0 Å². The van der Waals surface area contributed by atoms with Crippen molar-refractivity contribution in [2.75, 3.05) is 20.7 Å². The lowest BCUT2D eigenvalue weighted by molar-refractivity contribution is -0.137. The van der Waals surface area contributed by atoms with Crippen molar-refractivity contribution in [3.05, 3.63) is 23.9 Å². The molecule has 16 heavy (non-hydrogen) atoms. The smallest absolute Gasteiger partial charge is 0.304 e. The van der Waals surface area contributed by atoms with Crippen molar-refractivity contribution in [2.24, 2.45) is 0 Å². The Kier molecular flexibility index (Phi) is 4.72. The first-order valence-corrected chi connectivity index (χ1v) is 5.01. The van der Waals surface area contributed by atoms with Gasteiger partial charge in [-0.15, -0.1) is 0 Å². The highest BCUT2D eigenvalue weighted by atomic mass is 16.5. The van der Waals surface area contributed by atoms with Crippen molar-refractivity contribution >= 4 is 5.97 Å². The molecule has 0 aliphatic rings. The second kappa shape index (κ2) is 6.07. The molecule has 0 amide bonds. The molecule has 1 aromatic heterocycles. The third kappa shape index (κ3) is 4.27. The summed E-state index contributed by atoms with van der Waals surface area (Å²) in [5, 5.41) is 8.54. The molecular formula is C11H16N2O3. The van der Waals surface area contributed by atoms with Gasteiger partial charge in [0.1, 0.15) is 0 Å². The minimum Gasteiger partial charge on any atom is -0.481 e. The highest BCUT2D eigenvalue weighted by molar-refractivity contribution is 5.66. The first-order valence-electron chi connectivity index (χ1n) is 5.01. The Morgan fingerprint density at radius 2 is 2.31 bits per heavy atom. The number of carboxylic acid groups (broad SMARTS) is 1. The van der Waals surface area contributed by atoms with Gasteiger partial charge in [0.2, 0.25) is 5.88 Å². The molecule has 0 radical (unpaired) electrons. The molecule has 0 spiro atoms. The Balaban J connectivity index is 2.43. The summed E-state index contributed by atoms with van der Waals surface area (Å²) in [6.45, 7) is 1.21. The maximum absolute atomic E-state index is 10.4. The molecule has 0 bridgehead atoms. The van der Waals surface area contributed by atoms with E-state index in [2.05, 4.69) is 4.98 Å². The standard InChI is InChI=1S/C11H16N2O3/c1-13(6-5-11(14)15)8-9-3-4-10(16-2)12-7-9/h3-4,7H,5-6,8H2,1-2H3,(H,14,15). The summed E-state index contributed by atoms with van der Waals surface area (Å²) in [5.41, 5.74) is 1.04. The van der Waals surface area contributed by atoms with Gasteiger partial charge in [-0.05, 0) is 12.6 Å². The average molecular weight is 224 g/mol. The fraction of sp³-hybridized carbons (Fsp3) is 0.455. The summed E-state index contributed by atoms with van der Waals surface area (Å²) in [4.78, 5) is 16.4. The predicted octanol–water partition coefficient (Wildman–Crippen LogP) is 0.997. The van der Waals surface area contributed by atoms with Gasteiger partial charge in [0, 0.05) is 25.4 Å². The van der Waals surface area contributed by atoms with E-state index >= 15 is 0 Å². The number of ether oxygens (including phenoxy) is 1. The first kappa shape index (κ1) is 12.4. The average Bonchev–Trinajstić information content (AvgIpc) is 2.27. The van der Waals surface area contributed by atoms with Crippen LogP contribution in [0.3, 0.4) is 0 Å². The number of carboxylic acids is 1. The number of pyridine rings is 1. The molecule has 0 aliphatic heterocycles. The van der Waals surface area contributed by atoms with E-state index in [4.69, 9.17) is 9.84 Å². The van der Waals surface area contributed by atoms with Crippen LogP contribution in [-0.4, -0.2) is 41.7 Å². The lowest BCUT2D eigenvalue weighted by Crippen LogP contribution is -2.21. The van der Waals surface area contributed by atoms with Crippen LogP contribution in [-0.2, 0) is 11.3 Å². The van der Waals surface area contributed by atoms with Crippen molar-refractivity contribution in [3.63, 3.8) is 0 Å². The van der Waals surface area contributed by atoms with Crippen LogP contribution < -0.4 is 4.74 Å². The normalized spacial score (nSPS) is 10.4. The molecule has 5 heteroatoms. The topological polar surface area (TPSA) is 62.7 Å². The summed E-state index contributed by atoms with van der Waals surface area (Å²) < 4.78 is 4.95. The molecule has 0 atom stereocenters. The maximum Gasteiger partial charge on any atom is 0.304 e. The van der Waals surface area contributed by atoms with Crippen molar-refractivity contribution in [1.82, 2.24) is 9.88 Å². The van der Waals surface area contributed by atoms with Gasteiger partial charge >= 0.3 is 5.97 Å². The molecule has 1 rings (SSSR count). The molecular weight excluding hydrogens is 208 g/mol. The summed E-state index contributed by atoms with van der Waals surface area (Å²) in [7, 11) is 3.45. The van der Waals surface area contributed by atoms with E-state index in [-0.39, 0.29) is 6.42 Å². The third-order valence-corrected chi connectivity index (χ3v) is 2.17. The van der Waals surface area contributed by atoms with E-state index < -0.39 is 5.97 Å². The lowest BCUT2D eigenvalue weighted by atomic mass is 10.2. The summed E-state index contributed by atoms with van der Waals surface area (Å²) in [6, 6.07) is 3.71. The second-order valence-corrected chi connectivity index (χ2v) is 3.59. The Morgan fingerprint density at radius 3 is 2.81 bits per heavy atom. The fourth-order valence-electron chi connectivity index (χ4n) is 1.30. The zero-order chi connectivity index (χ0) is 12.0. The molecule has 1 N–H and O–H groups in total. The van der Waals surface area contributed by atoms with Gasteiger partial charge in [-0.25, -0.2) is 4.98 Å². The van der Waals surface area contributed by atoms with Gasteiger partial charge in [-0.3, -0.25) is 4.79 Å². The van der Waals surface area contributed by atoms with Crippen LogP contribution in [0.15, 0.2) is 18.3 Å². The first-order chi connectivity index (χ1) is 7.61. The molecule has 0 fully saturated rings. The van der Waals surface area contributed by atoms with Gasteiger partial charge in [-0.2, -0.15) is 0 Å². The zero-order valence-electron chi connectivity index (χ0n) is 9.51. The molecule has 0 saturated carbocycles. The highest BCUT2D eigenvalue weighted by Gasteiger charge is 2.04. The third-order valence-electron chi connectivity index (χ3n) is 2.17. The molecule has 0 unspecified atom stereocenters. The number of rotatable bonds is 6. The number of nitrogens with zero attached hydrogens (tertiary/aromatic N) is 2.